The van der Waals surface area contributed by atoms with E-state index < -0.39 is 8.80 Å². The topological polar surface area (TPSA) is 0 Å². The van der Waals surface area contributed by atoms with Gasteiger partial charge in [-0.15, -0.1) is 0 Å². The molecule has 0 unspecified atom stereocenters. The van der Waals surface area contributed by atoms with Crippen molar-refractivity contribution in [2.24, 2.45) is 5.41 Å². The van der Waals surface area contributed by atoms with E-state index in [1.165, 1.54) is 10.8 Å². The highest BCUT2D eigenvalue weighted by Crippen LogP contribution is 2.33. The fourth-order valence-electron chi connectivity index (χ4n) is 1.36. The molecule has 0 heterocycles. The van der Waals surface area contributed by atoms with E-state index in [1.807, 2.05) is 0 Å². The van der Waals surface area contributed by atoms with Crippen molar-refractivity contribution in [3.05, 3.63) is 22.9 Å². The summed E-state index contributed by atoms with van der Waals surface area (Å²) in [5.74, 6) is 0. The van der Waals surface area contributed by atoms with Gasteiger partial charge in [-0.2, -0.15) is 0 Å². The highest BCUT2D eigenvalue weighted by molar-refractivity contribution is 6.64. The van der Waals surface area contributed by atoms with Gasteiger partial charge in [-0.3, -0.25) is 0 Å². The first-order chi connectivity index (χ1) is 5.41. The summed E-state index contributed by atoms with van der Waals surface area (Å²) in [4.78, 5) is 0. The SMILES string of the molecule is C[SiH](C)C1=CCC(C(C)(C)C)=[C]1. The van der Waals surface area contributed by atoms with Gasteiger partial charge in [-0.05, 0) is 17.9 Å². The molecule has 67 valence electrons. The minimum atomic E-state index is -0.604. The third kappa shape index (κ3) is 2.10. The first kappa shape index (κ1) is 9.78. The molecule has 0 amide bonds. The van der Waals surface area contributed by atoms with Crippen LogP contribution < -0.4 is 0 Å². The predicted molar refractivity (Wildman–Crippen MR) is 57.8 cm³/mol. The van der Waals surface area contributed by atoms with Crippen molar-refractivity contribution in [2.75, 3.05) is 0 Å². The van der Waals surface area contributed by atoms with E-state index in [2.05, 4.69) is 46.0 Å². The lowest BCUT2D eigenvalue weighted by Gasteiger charge is -2.19. The number of rotatable bonds is 1. The van der Waals surface area contributed by atoms with Crippen LogP contribution in [0.4, 0.5) is 0 Å². The predicted octanol–water partition coefficient (Wildman–Crippen LogP) is 3.12. The van der Waals surface area contributed by atoms with Gasteiger partial charge in [0.05, 0.1) is 8.80 Å². The van der Waals surface area contributed by atoms with Gasteiger partial charge in [-0.1, -0.05) is 50.7 Å². The molecule has 0 saturated heterocycles. The summed E-state index contributed by atoms with van der Waals surface area (Å²) in [6.07, 6.45) is 7.09. The molecule has 0 saturated carbocycles. The molecule has 0 spiro atoms. The second-order valence-electron chi connectivity index (χ2n) is 4.87. The Morgan fingerprint density at radius 3 is 2.17 bits per heavy atom. The molecule has 0 N–H and O–H groups in total. The van der Waals surface area contributed by atoms with E-state index in [0.29, 0.717) is 5.41 Å². The Labute approximate surface area is 78.0 Å². The molecule has 0 fully saturated rings. The van der Waals surface area contributed by atoms with Crippen molar-refractivity contribution in [3.8, 4) is 0 Å². The van der Waals surface area contributed by atoms with E-state index in [4.69, 9.17) is 0 Å². The molecule has 0 aromatic heterocycles. The van der Waals surface area contributed by atoms with Gasteiger partial charge in [-0.25, -0.2) is 0 Å². The normalized spacial score (nSPS) is 18.2. The van der Waals surface area contributed by atoms with Crippen LogP contribution in [0.1, 0.15) is 27.2 Å². The van der Waals surface area contributed by atoms with E-state index in [9.17, 15) is 0 Å². The summed E-state index contributed by atoms with van der Waals surface area (Å²) in [6.45, 7) is 11.5. The second-order valence-corrected chi connectivity index (χ2v) is 7.80. The zero-order valence-corrected chi connectivity index (χ0v) is 10.0. The molecule has 12 heavy (non-hydrogen) atoms. The Morgan fingerprint density at radius 1 is 1.33 bits per heavy atom. The number of hydrogen-bond acceptors (Lipinski definition) is 0. The van der Waals surface area contributed by atoms with E-state index in [0.717, 1.165) is 6.42 Å². The lowest BCUT2D eigenvalue weighted by Crippen LogP contribution is -2.08. The highest BCUT2D eigenvalue weighted by Gasteiger charge is 2.21. The van der Waals surface area contributed by atoms with Crippen LogP contribution in [0, 0.1) is 11.5 Å². The molecular weight excluding hydrogens is 160 g/mol. The molecule has 1 rings (SSSR count). The standard InChI is InChI=1S/C11H19Si/c1-11(2,3)9-6-7-10(8-9)12(4)5/h7,12H,6H2,1-5H3. The third-order valence-corrected chi connectivity index (χ3v) is 3.97. The van der Waals surface area contributed by atoms with Crippen molar-refractivity contribution in [2.45, 2.75) is 40.3 Å². The fourth-order valence-corrected chi connectivity index (χ4v) is 2.41. The quantitative estimate of drug-likeness (QED) is 0.543. The minimum absolute atomic E-state index is 0.321. The van der Waals surface area contributed by atoms with Crippen LogP contribution in [0.25, 0.3) is 0 Å². The lowest BCUT2D eigenvalue weighted by molar-refractivity contribution is 0.494. The zero-order valence-electron chi connectivity index (χ0n) is 8.86. The van der Waals surface area contributed by atoms with Crippen LogP contribution in [0.2, 0.25) is 13.1 Å². The maximum Gasteiger partial charge on any atom is 0.0651 e. The summed E-state index contributed by atoms with van der Waals surface area (Å²) in [7, 11) is -0.604. The monoisotopic (exact) mass is 179 g/mol. The number of hydrogen-bond donors (Lipinski definition) is 0. The molecule has 0 aromatic rings. The van der Waals surface area contributed by atoms with Crippen LogP contribution in [-0.4, -0.2) is 8.80 Å². The van der Waals surface area contributed by atoms with Gasteiger partial charge in [0, 0.05) is 0 Å². The maximum absolute atomic E-state index is 3.57. The molecular formula is C11H19Si. The molecule has 0 bridgehead atoms. The molecule has 1 aliphatic rings. The van der Waals surface area contributed by atoms with Crippen molar-refractivity contribution in [1.82, 2.24) is 0 Å². The van der Waals surface area contributed by atoms with Gasteiger partial charge in [0.1, 0.15) is 0 Å². The Morgan fingerprint density at radius 2 is 1.92 bits per heavy atom. The molecule has 0 nitrogen and oxygen atoms in total. The van der Waals surface area contributed by atoms with Crippen LogP contribution in [-0.2, 0) is 0 Å². The molecule has 0 aromatic carbocycles. The highest BCUT2D eigenvalue weighted by atomic mass is 28.3. The first-order valence-electron chi connectivity index (χ1n) is 4.74. The smallest absolute Gasteiger partial charge is 0.0651 e. The minimum Gasteiger partial charge on any atom is -0.0809 e. The van der Waals surface area contributed by atoms with Crippen LogP contribution in [0.3, 0.4) is 0 Å². The average molecular weight is 179 g/mol. The summed E-state index contributed by atoms with van der Waals surface area (Å²) in [6, 6.07) is 0. The summed E-state index contributed by atoms with van der Waals surface area (Å²) >= 11 is 0. The van der Waals surface area contributed by atoms with Gasteiger partial charge in [0.25, 0.3) is 0 Å². The van der Waals surface area contributed by atoms with Gasteiger partial charge >= 0.3 is 0 Å². The Bertz CT molecular complexity index is 226. The van der Waals surface area contributed by atoms with Crippen molar-refractivity contribution >= 4 is 8.80 Å². The average Bonchev–Trinajstić information content (AvgIpc) is 2.30. The Balaban J connectivity index is 2.74. The van der Waals surface area contributed by atoms with E-state index >= 15 is 0 Å². The zero-order chi connectivity index (χ0) is 9.35. The Hall–Kier alpha value is -0.303. The molecule has 0 aliphatic heterocycles. The first-order valence-corrected chi connectivity index (χ1v) is 7.63. The summed E-state index contributed by atoms with van der Waals surface area (Å²) in [5, 5.41) is 1.53. The van der Waals surface area contributed by atoms with Crippen molar-refractivity contribution < 1.29 is 0 Å². The molecule has 1 aliphatic carbocycles. The van der Waals surface area contributed by atoms with Crippen LogP contribution >= 0.6 is 0 Å². The Kier molecular flexibility index (Phi) is 2.62. The summed E-state index contributed by atoms with van der Waals surface area (Å²) < 4.78 is 0. The van der Waals surface area contributed by atoms with Gasteiger partial charge in [0.2, 0.25) is 0 Å². The van der Waals surface area contributed by atoms with Crippen LogP contribution in [0.15, 0.2) is 16.8 Å². The van der Waals surface area contributed by atoms with Gasteiger partial charge < -0.3 is 0 Å². The van der Waals surface area contributed by atoms with E-state index in [-0.39, 0.29) is 0 Å². The lowest BCUT2D eigenvalue weighted by atomic mass is 9.86. The maximum atomic E-state index is 3.57. The van der Waals surface area contributed by atoms with E-state index in [1.54, 1.807) is 0 Å². The van der Waals surface area contributed by atoms with Crippen molar-refractivity contribution in [3.63, 3.8) is 0 Å². The number of allylic oxidation sites excluding steroid dienone is 4. The van der Waals surface area contributed by atoms with Crippen LogP contribution in [0.5, 0.6) is 0 Å². The molecule has 1 radical (unpaired) electrons. The fraction of sp³-hybridized carbons (Fsp3) is 0.636. The van der Waals surface area contributed by atoms with Crippen molar-refractivity contribution in [1.29, 1.82) is 0 Å². The molecule has 1 heteroatoms. The largest absolute Gasteiger partial charge is 0.0809 e. The van der Waals surface area contributed by atoms with Gasteiger partial charge in [0.15, 0.2) is 0 Å². The molecule has 0 atom stereocenters. The second kappa shape index (κ2) is 3.21. The summed E-state index contributed by atoms with van der Waals surface area (Å²) in [5.41, 5.74) is 1.81. The third-order valence-electron chi connectivity index (χ3n) is 2.35.